The van der Waals surface area contributed by atoms with Gasteiger partial charge in [-0.2, -0.15) is 0 Å². The lowest BCUT2D eigenvalue weighted by Gasteiger charge is -2.05. The molecule has 2 aromatic heterocycles. The van der Waals surface area contributed by atoms with Gasteiger partial charge in [0.05, 0.1) is 5.69 Å². The lowest BCUT2D eigenvalue weighted by atomic mass is 10.1. The molecule has 2 heterocycles. The molecule has 0 bridgehead atoms. The molecule has 0 amide bonds. The molecule has 4 aromatic rings. The molecule has 27 heavy (non-hydrogen) atoms. The third-order valence-electron chi connectivity index (χ3n) is 4.57. The Morgan fingerprint density at radius 2 is 1.78 bits per heavy atom. The van der Waals surface area contributed by atoms with E-state index in [-0.39, 0.29) is 5.82 Å². The fourth-order valence-electron chi connectivity index (χ4n) is 3.13. The molecular weight excluding hydrogens is 339 g/mol. The zero-order valence-electron chi connectivity index (χ0n) is 15.2. The molecular formula is C22H19FN4. The zero-order valence-corrected chi connectivity index (χ0v) is 15.2. The van der Waals surface area contributed by atoms with E-state index in [9.17, 15) is 4.39 Å². The van der Waals surface area contributed by atoms with Crippen molar-refractivity contribution in [1.82, 2.24) is 9.38 Å². The molecule has 0 saturated heterocycles. The van der Waals surface area contributed by atoms with Crippen molar-refractivity contribution in [3.63, 3.8) is 0 Å². The number of azo groups is 1. The van der Waals surface area contributed by atoms with Gasteiger partial charge in [0, 0.05) is 11.8 Å². The van der Waals surface area contributed by atoms with Gasteiger partial charge in [0.15, 0.2) is 5.82 Å². The Balaban J connectivity index is 1.88. The number of pyridine rings is 1. The number of hydrogen-bond acceptors (Lipinski definition) is 3. The van der Waals surface area contributed by atoms with Gasteiger partial charge < -0.3 is 0 Å². The number of hydrogen-bond donors (Lipinski definition) is 0. The summed E-state index contributed by atoms with van der Waals surface area (Å²) in [7, 11) is 0. The average Bonchev–Trinajstić information content (AvgIpc) is 3.06. The molecule has 2 aromatic carbocycles. The second-order valence-corrected chi connectivity index (χ2v) is 6.36. The third-order valence-corrected chi connectivity index (χ3v) is 4.57. The van der Waals surface area contributed by atoms with Crippen LogP contribution in [0.1, 0.15) is 18.1 Å². The van der Waals surface area contributed by atoms with Crippen LogP contribution in [0.3, 0.4) is 0 Å². The summed E-state index contributed by atoms with van der Waals surface area (Å²) in [6.45, 7) is 4.13. The van der Waals surface area contributed by atoms with Crippen LogP contribution in [0.4, 0.5) is 15.9 Å². The Morgan fingerprint density at radius 1 is 0.963 bits per heavy atom. The SMILES string of the molecule is CCc1cccc(C)c1N=Nc1c(-c2ccc(F)cc2)nc2ccccn12. The molecule has 4 rings (SSSR count). The van der Waals surface area contributed by atoms with E-state index in [0.29, 0.717) is 11.5 Å². The molecule has 0 spiro atoms. The topological polar surface area (TPSA) is 42.0 Å². The maximum absolute atomic E-state index is 13.3. The highest BCUT2D eigenvalue weighted by Gasteiger charge is 2.14. The van der Waals surface area contributed by atoms with E-state index in [1.165, 1.54) is 12.1 Å². The fraction of sp³-hybridized carbons (Fsp3) is 0.136. The summed E-state index contributed by atoms with van der Waals surface area (Å²) in [5.74, 6) is 0.348. The van der Waals surface area contributed by atoms with Gasteiger partial charge in [0.2, 0.25) is 0 Å². The fourth-order valence-corrected chi connectivity index (χ4v) is 3.13. The van der Waals surface area contributed by atoms with Gasteiger partial charge in [-0.1, -0.05) is 31.2 Å². The Bertz CT molecular complexity index is 1130. The summed E-state index contributed by atoms with van der Waals surface area (Å²) in [6, 6.07) is 18.2. The predicted octanol–water partition coefficient (Wildman–Crippen LogP) is 6.43. The smallest absolute Gasteiger partial charge is 0.187 e. The number of benzene rings is 2. The lowest BCUT2D eigenvalue weighted by molar-refractivity contribution is 0.628. The Hall–Kier alpha value is -3.34. The normalized spacial score (nSPS) is 11.5. The molecule has 0 saturated carbocycles. The molecule has 0 aliphatic rings. The molecule has 0 aliphatic carbocycles. The summed E-state index contributed by atoms with van der Waals surface area (Å²) in [6.07, 6.45) is 2.79. The molecule has 0 N–H and O–H groups in total. The van der Waals surface area contributed by atoms with E-state index in [2.05, 4.69) is 28.2 Å². The Labute approximate surface area is 157 Å². The minimum Gasteiger partial charge on any atom is -0.283 e. The summed E-state index contributed by atoms with van der Waals surface area (Å²) >= 11 is 0. The van der Waals surface area contributed by atoms with Crippen molar-refractivity contribution in [3.05, 3.63) is 83.8 Å². The van der Waals surface area contributed by atoms with Crippen LogP contribution in [0, 0.1) is 12.7 Å². The zero-order chi connectivity index (χ0) is 18.8. The first-order valence-electron chi connectivity index (χ1n) is 8.90. The van der Waals surface area contributed by atoms with Gasteiger partial charge in [-0.25, -0.2) is 9.37 Å². The number of halogens is 1. The summed E-state index contributed by atoms with van der Waals surface area (Å²) in [4.78, 5) is 4.68. The Morgan fingerprint density at radius 3 is 2.56 bits per heavy atom. The van der Waals surface area contributed by atoms with Crippen LogP contribution < -0.4 is 0 Å². The summed E-state index contributed by atoms with van der Waals surface area (Å²) in [5, 5.41) is 9.13. The predicted molar refractivity (Wildman–Crippen MR) is 105 cm³/mol. The first-order valence-corrected chi connectivity index (χ1v) is 8.90. The van der Waals surface area contributed by atoms with Gasteiger partial charge in [-0.15, -0.1) is 10.2 Å². The first kappa shape index (κ1) is 17.1. The van der Waals surface area contributed by atoms with E-state index in [4.69, 9.17) is 0 Å². The number of fused-ring (bicyclic) bond motifs is 1. The summed E-state index contributed by atoms with van der Waals surface area (Å²) in [5.41, 5.74) is 5.36. The van der Waals surface area contributed by atoms with Crippen LogP contribution in [0.15, 0.2) is 77.1 Å². The van der Waals surface area contributed by atoms with Crippen LogP contribution >= 0.6 is 0 Å². The van der Waals surface area contributed by atoms with Gasteiger partial charge in [0.1, 0.15) is 17.2 Å². The van der Waals surface area contributed by atoms with E-state index >= 15 is 0 Å². The molecule has 0 aliphatic heterocycles. The molecule has 0 atom stereocenters. The number of imidazole rings is 1. The van der Waals surface area contributed by atoms with Crippen molar-refractivity contribution < 1.29 is 4.39 Å². The second-order valence-electron chi connectivity index (χ2n) is 6.36. The van der Waals surface area contributed by atoms with Gasteiger partial charge in [-0.3, -0.25) is 4.40 Å². The highest BCUT2D eigenvalue weighted by Crippen LogP contribution is 2.33. The van der Waals surface area contributed by atoms with E-state index in [1.807, 2.05) is 47.9 Å². The number of nitrogens with zero attached hydrogens (tertiary/aromatic N) is 4. The maximum Gasteiger partial charge on any atom is 0.187 e. The standard InChI is InChI=1S/C22H19FN4/c1-3-16-8-6-7-15(2)20(16)25-26-22-21(17-10-12-18(23)13-11-17)24-19-9-4-5-14-27(19)22/h4-14H,3H2,1-2H3. The van der Waals surface area contributed by atoms with E-state index < -0.39 is 0 Å². The minimum atomic E-state index is -0.279. The van der Waals surface area contributed by atoms with Gasteiger partial charge in [0.25, 0.3) is 0 Å². The number of aromatic nitrogens is 2. The molecule has 0 fully saturated rings. The van der Waals surface area contributed by atoms with Crippen LogP contribution in [0.5, 0.6) is 0 Å². The van der Waals surface area contributed by atoms with Gasteiger partial charge >= 0.3 is 0 Å². The second kappa shape index (κ2) is 7.11. The van der Waals surface area contributed by atoms with Gasteiger partial charge in [-0.05, 0) is 60.9 Å². The molecule has 0 unspecified atom stereocenters. The monoisotopic (exact) mass is 358 g/mol. The van der Waals surface area contributed by atoms with Crippen molar-refractivity contribution in [3.8, 4) is 11.3 Å². The van der Waals surface area contributed by atoms with Crippen LogP contribution in [-0.2, 0) is 6.42 Å². The van der Waals surface area contributed by atoms with Crippen molar-refractivity contribution in [2.24, 2.45) is 10.2 Å². The highest BCUT2D eigenvalue weighted by atomic mass is 19.1. The van der Waals surface area contributed by atoms with Crippen LogP contribution in [0.2, 0.25) is 0 Å². The lowest BCUT2D eigenvalue weighted by Crippen LogP contribution is -1.85. The first-order chi connectivity index (χ1) is 13.2. The van der Waals surface area contributed by atoms with Crippen molar-refractivity contribution >= 4 is 17.2 Å². The van der Waals surface area contributed by atoms with Crippen LogP contribution in [0.25, 0.3) is 16.9 Å². The molecule has 4 nitrogen and oxygen atoms in total. The molecule has 134 valence electrons. The van der Waals surface area contributed by atoms with Crippen LogP contribution in [-0.4, -0.2) is 9.38 Å². The molecule has 5 heteroatoms. The third kappa shape index (κ3) is 3.24. The Kier molecular flexibility index (Phi) is 4.50. The van der Waals surface area contributed by atoms with Crippen molar-refractivity contribution in [1.29, 1.82) is 0 Å². The number of rotatable bonds is 4. The van der Waals surface area contributed by atoms with Crippen molar-refractivity contribution in [2.75, 3.05) is 0 Å². The minimum absolute atomic E-state index is 0.279. The maximum atomic E-state index is 13.3. The summed E-state index contributed by atoms with van der Waals surface area (Å²) < 4.78 is 15.2. The van der Waals surface area contributed by atoms with E-state index in [0.717, 1.165) is 34.4 Å². The van der Waals surface area contributed by atoms with E-state index in [1.54, 1.807) is 12.1 Å². The van der Waals surface area contributed by atoms with Crippen molar-refractivity contribution in [2.45, 2.75) is 20.3 Å². The largest absolute Gasteiger partial charge is 0.283 e. The quantitative estimate of drug-likeness (QED) is 0.388. The highest BCUT2D eigenvalue weighted by molar-refractivity contribution is 5.74. The number of aryl methyl sites for hydroxylation is 2. The average molecular weight is 358 g/mol. The molecule has 0 radical (unpaired) electrons.